The van der Waals surface area contributed by atoms with Crippen LogP contribution in [0.1, 0.15) is 54.7 Å². The molecule has 0 radical (unpaired) electrons. The topological polar surface area (TPSA) is 18.5 Å². The van der Waals surface area contributed by atoms with Gasteiger partial charge in [0.1, 0.15) is 0 Å². The molecule has 0 spiro atoms. The zero-order valence-electron chi connectivity index (χ0n) is 13.0. The highest BCUT2D eigenvalue weighted by Gasteiger charge is 2.53. The first-order chi connectivity index (χ1) is 8.75. The molecular weight excluding hydrogens is 246 g/mol. The molecule has 1 fully saturated rings. The number of hydrogen-bond acceptors (Lipinski definition) is 2. The Kier molecular flexibility index (Phi) is 5.17. The molecule has 0 aromatic rings. The van der Waals surface area contributed by atoms with E-state index >= 15 is 0 Å². The second-order valence-electron chi connectivity index (χ2n) is 5.90. The molecule has 1 rings (SSSR count). The number of alkyl halides is 1. The van der Waals surface area contributed by atoms with Crippen LogP contribution in [0.3, 0.4) is 0 Å². The standard InChI is InChI=1S/C14H26BClO2/c1-6-9-12(10-7-8-11-16)15-17-13(2,3)14(4,5)18-15/h6,12H,1,7-11H2,2-5H3/i9D. The third-order valence-electron chi connectivity index (χ3n) is 3.93. The molecule has 1 aliphatic heterocycles. The average Bonchev–Trinajstić information content (AvgIpc) is 2.53. The van der Waals surface area contributed by atoms with E-state index in [1.807, 2.05) is 27.7 Å². The molecule has 2 unspecified atom stereocenters. The van der Waals surface area contributed by atoms with Crippen molar-refractivity contribution in [3.8, 4) is 0 Å². The lowest BCUT2D eigenvalue weighted by Gasteiger charge is -2.32. The summed E-state index contributed by atoms with van der Waals surface area (Å²) in [5.74, 6) is 0.675. The third kappa shape index (κ3) is 3.75. The van der Waals surface area contributed by atoms with Gasteiger partial charge in [-0.05, 0) is 46.3 Å². The Bertz CT molecular complexity index is 294. The van der Waals surface area contributed by atoms with E-state index in [9.17, 15) is 0 Å². The molecule has 0 N–H and O–H groups in total. The zero-order valence-corrected chi connectivity index (χ0v) is 12.8. The Morgan fingerprint density at radius 3 is 2.28 bits per heavy atom. The van der Waals surface area contributed by atoms with Crippen molar-refractivity contribution in [2.45, 2.75) is 70.4 Å². The van der Waals surface area contributed by atoms with Crippen molar-refractivity contribution in [2.24, 2.45) is 0 Å². The molecule has 1 saturated heterocycles. The van der Waals surface area contributed by atoms with E-state index in [0.29, 0.717) is 5.88 Å². The van der Waals surface area contributed by atoms with Crippen molar-refractivity contribution in [2.75, 3.05) is 5.88 Å². The van der Waals surface area contributed by atoms with Crippen LogP contribution >= 0.6 is 11.6 Å². The van der Waals surface area contributed by atoms with Crippen LogP contribution in [0.5, 0.6) is 0 Å². The Labute approximate surface area is 119 Å². The minimum Gasteiger partial charge on any atom is -0.403 e. The lowest BCUT2D eigenvalue weighted by molar-refractivity contribution is 0.00578. The predicted molar refractivity (Wildman–Crippen MR) is 79.2 cm³/mol. The van der Waals surface area contributed by atoms with Gasteiger partial charge in [0.05, 0.1) is 11.2 Å². The molecule has 0 aromatic carbocycles. The van der Waals surface area contributed by atoms with Gasteiger partial charge in [-0.1, -0.05) is 18.9 Å². The Morgan fingerprint density at radius 1 is 1.28 bits per heavy atom. The quantitative estimate of drug-likeness (QED) is 0.296. The average molecular weight is 274 g/mol. The highest BCUT2D eigenvalue weighted by Crippen LogP contribution is 2.42. The fourth-order valence-electron chi connectivity index (χ4n) is 2.04. The molecule has 0 bridgehead atoms. The van der Waals surface area contributed by atoms with E-state index in [1.54, 1.807) is 6.08 Å². The molecule has 18 heavy (non-hydrogen) atoms. The van der Waals surface area contributed by atoms with Gasteiger partial charge < -0.3 is 9.31 Å². The molecule has 0 aromatic heterocycles. The number of unbranched alkanes of at least 4 members (excludes halogenated alkanes) is 1. The lowest BCUT2D eigenvalue weighted by atomic mass is 9.67. The Balaban J connectivity index is 2.74. The van der Waals surface area contributed by atoms with Gasteiger partial charge in [0.2, 0.25) is 0 Å². The Morgan fingerprint density at radius 2 is 1.83 bits per heavy atom. The van der Waals surface area contributed by atoms with E-state index in [2.05, 4.69) is 6.58 Å². The maximum atomic E-state index is 8.13. The summed E-state index contributed by atoms with van der Waals surface area (Å²) in [5, 5.41) is 0. The maximum absolute atomic E-state index is 8.13. The maximum Gasteiger partial charge on any atom is 0.461 e. The third-order valence-corrected chi connectivity index (χ3v) is 4.19. The fourth-order valence-corrected chi connectivity index (χ4v) is 2.22. The first-order valence-corrected chi connectivity index (χ1v) is 7.25. The summed E-state index contributed by atoms with van der Waals surface area (Å²) >= 11 is 5.72. The highest BCUT2D eigenvalue weighted by molar-refractivity contribution is 6.47. The molecule has 104 valence electrons. The normalized spacial score (nSPS) is 25.6. The first-order valence-electron chi connectivity index (χ1n) is 7.29. The molecule has 0 amide bonds. The van der Waals surface area contributed by atoms with Crippen molar-refractivity contribution in [1.82, 2.24) is 0 Å². The lowest BCUT2D eigenvalue weighted by Crippen LogP contribution is -2.41. The molecule has 2 atom stereocenters. The second kappa shape index (κ2) is 6.45. The summed E-state index contributed by atoms with van der Waals surface area (Å²) in [6, 6.07) is 0. The summed E-state index contributed by atoms with van der Waals surface area (Å²) in [4.78, 5) is 0. The van der Waals surface area contributed by atoms with Crippen LogP contribution in [0.25, 0.3) is 0 Å². The Hall–Kier alpha value is 0.0149. The SMILES string of the molecule is [2H]C(C=C)C(CCCCCl)B1OC(C)(C)C(C)(C)O1. The molecule has 1 aliphatic rings. The molecule has 2 nitrogen and oxygen atoms in total. The summed E-state index contributed by atoms with van der Waals surface area (Å²) in [6.07, 6.45) is 4.12. The van der Waals surface area contributed by atoms with Crippen molar-refractivity contribution in [1.29, 1.82) is 0 Å². The molecule has 0 aliphatic carbocycles. The minimum atomic E-state index is -0.370. The summed E-state index contributed by atoms with van der Waals surface area (Å²) in [6.45, 7) is 11.9. The van der Waals surface area contributed by atoms with Gasteiger partial charge in [-0.3, -0.25) is 0 Å². The first kappa shape index (κ1) is 14.4. The molecule has 1 heterocycles. The van der Waals surface area contributed by atoms with Gasteiger partial charge in [0.15, 0.2) is 0 Å². The van der Waals surface area contributed by atoms with Crippen molar-refractivity contribution in [3.63, 3.8) is 0 Å². The van der Waals surface area contributed by atoms with Crippen LogP contribution in [0.4, 0.5) is 0 Å². The highest BCUT2D eigenvalue weighted by atomic mass is 35.5. The van der Waals surface area contributed by atoms with Crippen LogP contribution < -0.4 is 0 Å². The zero-order chi connectivity index (χ0) is 14.7. The smallest absolute Gasteiger partial charge is 0.403 e. The molecular formula is C14H26BClO2. The van der Waals surface area contributed by atoms with Gasteiger partial charge in [-0.15, -0.1) is 18.2 Å². The summed E-state index contributed by atoms with van der Waals surface area (Å²) in [5.41, 5.74) is -0.688. The minimum absolute atomic E-state index is 0.0155. The monoisotopic (exact) mass is 273 g/mol. The van der Waals surface area contributed by atoms with E-state index < -0.39 is 0 Å². The van der Waals surface area contributed by atoms with E-state index in [0.717, 1.165) is 19.3 Å². The van der Waals surface area contributed by atoms with Gasteiger partial charge in [-0.25, -0.2) is 0 Å². The largest absolute Gasteiger partial charge is 0.461 e. The van der Waals surface area contributed by atoms with Crippen molar-refractivity contribution in [3.05, 3.63) is 12.7 Å². The van der Waals surface area contributed by atoms with Crippen LogP contribution in [0.15, 0.2) is 12.7 Å². The second-order valence-corrected chi connectivity index (χ2v) is 6.28. The predicted octanol–water partition coefficient (Wildman–Crippen LogP) is 4.43. The van der Waals surface area contributed by atoms with Crippen LogP contribution in [0.2, 0.25) is 5.82 Å². The van der Waals surface area contributed by atoms with Crippen LogP contribution in [0, 0.1) is 0 Å². The number of allylic oxidation sites excluding steroid dienone is 1. The van der Waals surface area contributed by atoms with Crippen molar-refractivity contribution < 1.29 is 10.7 Å². The van der Waals surface area contributed by atoms with Crippen molar-refractivity contribution >= 4 is 18.7 Å². The number of hydrogen-bond donors (Lipinski definition) is 0. The fraction of sp³-hybridized carbons (Fsp3) is 0.857. The van der Waals surface area contributed by atoms with Gasteiger partial charge >= 0.3 is 7.12 Å². The van der Waals surface area contributed by atoms with Gasteiger partial charge in [0, 0.05) is 7.25 Å². The number of rotatable bonds is 7. The van der Waals surface area contributed by atoms with E-state index in [1.165, 1.54) is 0 Å². The van der Waals surface area contributed by atoms with Gasteiger partial charge in [-0.2, -0.15) is 0 Å². The summed E-state index contributed by atoms with van der Waals surface area (Å²) < 4.78 is 20.2. The van der Waals surface area contributed by atoms with Crippen LogP contribution in [-0.2, 0) is 9.31 Å². The van der Waals surface area contributed by atoms with E-state index in [4.69, 9.17) is 22.3 Å². The summed E-state index contributed by atoms with van der Waals surface area (Å²) in [7, 11) is -0.333. The molecule has 4 heteroatoms. The van der Waals surface area contributed by atoms with Gasteiger partial charge in [0.25, 0.3) is 0 Å². The molecule has 0 saturated carbocycles. The number of halogens is 1. The van der Waals surface area contributed by atoms with E-state index in [-0.39, 0.29) is 30.5 Å². The van der Waals surface area contributed by atoms with Crippen LogP contribution in [-0.4, -0.2) is 24.2 Å².